The van der Waals surface area contributed by atoms with Crippen molar-refractivity contribution in [2.45, 2.75) is 59.2 Å². The maximum atomic E-state index is 12.0. The molecule has 1 rings (SSSR count). The molecule has 0 aliphatic carbocycles. The largest absolute Gasteiger partial charge is 0.342 e. The summed E-state index contributed by atoms with van der Waals surface area (Å²) in [6.07, 6.45) is 0.0135. The van der Waals surface area contributed by atoms with Crippen LogP contribution in [0.2, 0.25) is 0 Å². The van der Waals surface area contributed by atoms with Crippen LogP contribution in [0.3, 0.4) is 0 Å². The van der Waals surface area contributed by atoms with Crippen LogP contribution >= 0.6 is 0 Å². The number of imide groups is 1. The normalized spacial score (nSPS) is 22.1. The summed E-state index contributed by atoms with van der Waals surface area (Å²) in [5, 5.41) is 2.57. The molecular formula is C13H23N3O3. The highest BCUT2D eigenvalue weighted by molar-refractivity contribution is 6.07. The van der Waals surface area contributed by atoms with Crippen LogP contribution in [0, 0.1) is 5.41 Å². The number of likely N-dealkylation sites (tertiary alicyclic amines) is 1. The van der Waals surface area contributed by atoms with Gasteiger partial charge in [-0.25, -0.2) is 0 Å². The van der Waals surface area contributed by atoms with E-state index in [0.717, 1.165) is 0 Å². The minimum atomic E-state index is -0.782. The summed E-state index contributed by atoms with van der Waals surface area (Å²) < 4.78 is 0. The van der Waals surface area contributed by atoms with Crippen molar-refractivity contribution in [1.29, 1.82) is 0 Å². The van der Waals surface area contributed by atoms with Crippen LogP contribution in [0.15, 0.2) is 0 Å². The predicted octanol–water partition coefficient (Wildman–Crippen LogP) is 0.0119. The van der Waals surface area contributed by atoms with Crippen molar-refractivity contribution in [2.24, 2.45) is 11.1 Å². The zero-order valence-electron chi connectivity index (χ0n) is 12.2. The lowest BCUT2D eigenvalue weighted by Crippen LogP contribution is -2.53. The van der Waals surface area contributed by atoms with Crippen molar-refractivity contribution < 1.29 is 14.4 Å². The fourth-order valence-corrected chi connectivity index (χ4v) is 1.96. The third-order valence-electron chi connectivity index (χ3n) is 3.23. The van der Waals surface area contributed by atoms with Crippen molar-refractivity contribution in [3.8, 4) is 0 Å². The number of carbonyl (C=O) groups excluding carboxylic acids is 3. The maximum absolute atomic E-state index is 12.0. The number of nitrogens with two attached hydrogens (primary N) is 1. The molecule has 0 aromatic heterocycles. The minimum absolute atomic E-state index is 0.0135. The Morgan fingerprint density at radius 3 is 2.26 bits per heavy atom. The van der Waals surface area contributed by atoms with Crippen LogP contribution in [0.1, 0.15) is 41.0 Å². The van der Waals surface area contributed by atoms with Gasteiger partial charge in [0.05, 0.1) is 12.5 Å². The molecule has 1 unspecified atom stereocenters. The number of hydrogen-bond donors (Lipinski definition) is 2. The third kappa shape index (κ3) is 3.32. The molecule has 6 nitrogen and oxygen atoms in total. The molecule has 0 bridgehead atoms. The number of nitrogens with one attached hydrogen (secondary N) is 1. The molecule has 3 N–H and O–H groups in total. The highest BCUT2D eigenvalue weighted by Gasteiger charge is 2.41. The van der Waals surface area contributed by atoms with Crippen LogP contribution in [-0.2, 0) is 14.4 Å². The Balaban J connectivity index is 2.73. The van der Waals surface area contributed by atoms with E-state index in [-0.39, 0.29) is 24.3 Å². The van der Waals surface area contributed by atoms with Gasteiger partial charge in [-0.15, -0.1) is 0 Å². The molecule has 0 radical (unpaired) electrons. The van der Waals surface area contributed by atoms with Gasteiger partial charge in [-0.3, -0.25) is 19.3 Å². The molecule has 1 aliphatic rings. The SMILES string of the molecule is CC(C)N1C(=O)CC(NC(=O)[C@@H](N)C(C)(C)C)C1=O. The molecular weight excluding hydrogens is 246 g/mol. The van der Waals surface area contributed by atoms with E-state index in [1.807, 2.05) is 20.8 Å². The summed E-state index contributed by atoms with van der Waals surface area (Å²) in [5.41, 5.74) is 5.43. The summed E-state index contributed by atoms with van der Waals surface area (Å²) in [5.74, 6) is -1.01. The molecule has 19 heavy (non-hydrogen) atoms. The predicted molar refractivity (Wildman–Crippen MR) is 71.0 cm³/mol. The Morgan fingerprint density at radius 1 is 1.37 bits per heavy atom. The van der Waals surface area contributed by atoms with Crippen LogP contribution in [0.5, 0.6) is 0 Å². The Hall–Kier alpha value is -1.43. The number of rotatable bonds is 3. The summed E-state index contributed by atoms with van der Waals surface area (Å²) >= 11 is 0. The van der Waals surface area contributed by atoms with Gasteiger partial charge in [-0.05, 0) is 19.3 Å². The Bertz CT molecular complexity index is 398. The molecule has 108 valence electrons. The van der Waals surface area contributed by atoms with Crippen molar-refractivity contribution in [2.75, 3.05) is 0 Å². The van der Waals surface area contributed by atoms with Gasteiger partial charge >= 0.3 is 0 Å². The lowest BCUT2D eigenvalue weighted by Gasteiger charge is -2.27. The zero-order valence-corrected chi connectivity index (χ0v) is 12.2. The maximum Gasteiger partial charge on any atom is 0.252 e. The van der Waals surface area contributed by atoms with Crippen LogP contribution in [0.4, 0.5) is 0 Å². The first kappa shape index (κ1) is 15.6. The third-order valence-corrected chi connectivity index (χ3v) is 3.23. The molecule has 0 spiro atoms. The lowest BCUT2D eigenvalue weighted by molar-refractivity contribution is -0.141. The number of hydrogen-bond acceptors (Lipinski definition) is 4. The average molecular weight is 269 g/mol. The molecule has 2 atom stereocenters. The van der Waals surface area contributed by atoms with Gasteiger partial charge in [-0.2, -0.15) is 0 Å². The van der Waals surface area contributed by atoms with Crippen molar-refractivity contribution in [3.63, 3.8) is 0 Å². The van der Waals surface area contributed by atoms with E-state index >= 15 is 0 Å². The molecule has 3 amide bonds. The summed E-state index contributed by atoms with van der Waals surface area (Å²) in [4.78, 5) is 36.9. The first-order valence-electron chi connectivity index (χ1n) is 6.47. The highest BCUT2D eigenvalue weighted by Crippen LogP contribution is 2.19. The van der Waals surface area contributed by atoms with Crippen molar-refractivity contribution >= 4 is 17.7 Å². The Kier molecular flexibility index (Phi) is 4.35. The summed E-state index contributed by atoms with van der Waals surface area (Å²) in [6.45, 7) is 9.07. The van der Waals surface area contributed by atoms with Gasteiger partial charge in [0.2, 0.25) is 11.8 Å². The standard InChI is InChI=1S/C13H23N3O3/c1-7(2)16-9(17)6-8(12(16)19)15-11(18)10(14)13(3,4)5/h7-8,10H,6,14H2,1-5H3,(H,15,18)/t8?,10-/m1/s1. The van der Waals surface area contributed by atoms with Crippen LogP contribution < -0.4 is 11.1 Å². The van der Waals surface area contributed by atoms with Crippen LogP contribution in [0.25, 0.3) is 0 Å². The smallest absolute Gasteiger partial charge is 0.252 e. The second kappa shape index (κ2) is 5.28. The summed E-state index contributed by atoms with van der Waals surface area (Å²) in [7, 11) is 0. The van der Waals surface area contributed by atoms with Gasteiger partial charge in [0.15, 0.2) is 0 Å². The molecule has 1 fully saturated rings. The fraction of sp³-hybridized carbons (Fsp3) is 0.769. The molecule has 1 saturated heterocycles. The van der Waals surface area contributed by atoms with Crippen molar-refractivity contribution in [3.05, 3.63) is 0 Å². The van der Waals surface area contributed by atoms with Gasteiger partial charge in [-0.1, -0.05) is 20.8 Å². The number of nitrogens with zero attached hydrogens (tertiary/aromatic N) is 1. The monoisotopic (exact) mass is 269 g/mol. The van der Waals surface area contributed by atoms with Gasteiger partial charge < -0.3 is 11.1 Å². The van der Waals surface area contributed by atoms with Gasteiger partial charge in [0.1, 0.15) is 6.04 Å². The van der Waals surface area contributed by atoms with Gasteiger partial charge in [0, 0.05) is 6.04 Å². The van der Waals surface area contributed by atoms with Crippen molar-refractivity contribution in [1.82, 2.24) is 10.2 Å². The number of amides is 3. The molecule has 0 saturated carbocycles. The average Bonchev–Trinajstić information content (AvgIpc) is 2.51. The highest BCUT2D eigenvalue weighted by atomic mass is 16.2. The Labute approximate surface area is 113 Å². The first-order chi connectivity index (χ1) is 8.55. The number of carbonyl (C=O) groups is 3. The zero-order chi connectivity index (χ0) is 15.0. The van der Waals surface area contributed by atoms with E-state index < -0.39 is 23.4 Å². The molecule has 0 aromatic carbocycles. The molecule has 6 heteroatoms. The lowest BCUT2D eigenvalue weighted by atomic mass is 9.87. The molecule has 1 heterocycles. The quantitative estimate of drug-likeness (QED) is 0.706. The Morgan fingerprint density at radius 2 is 1.89 bits per heavy atom. The molecule has 0 aromatic rings. The fourth-order valence-electron chi connectivity index (χ4n) is 1.96. The van der Waals surface area contributed by atoms with E-state index in [2.05, 4.69) is 5.32 Å². The molecule has 1 aliphatic heterocycles. The first-order valence-corrected chi connectivity index (χ1v) is 6.47. The van der Waals surface area contributed by atoms with Crippen LogP contribution in [-0.4, -0.2) is 40.7 Å². The minimum Gasteiger partial charge on any atom is -0.342 e. The van der Waals surface area contributed by atoms with E-state index in [1.165, 1.54) is 4.90 Å². The van der Waals surface area contributed by atoms with E-state index in [4.69, 9.17) is 5.73 Å². The van der Waals surface area contributed by atoms with E-state index in [0.29, 0.717) is 0 Å². The van der Waals surface area contributed by atoms with E-state index in [9.17, 15) is 14.4 Å². The van der Waals surface area contributed by atoms with E-state index in [1.54, 1.807) is 13.8 Å². The summed E-state index contributed by atoms with van der Waals surface area (Å²) in [6, 6.07) is -1.70. The topological polar surface area (TPSA) is 92.5 Å². The second-order valence-electron chi connectivity index (χ2n) is 6.30. The second-order valence-corrected chi connectivity index (χ2v) is 6.30. The van der Waals surface area contributed by atoms with Gasteiger partial charge in [0.25, 0.3) is 5.91 Å².